The number of aryl methyl sites for hydroxylation is 2. The van der Waals surface area contributed by atoms with Gasteiger partial charge in [0, 0.05) is 12.7 Å². The molecule has 3 aromatic carbocycles. The van der Waals surface area contributed by atoms with Gasteiger partial charge in [-0.05, 0) is 60.0 Å². The highest BCUT2D eigenvalue weighted by Crippen LogP contribution is 2.22. The van der Waals surface area contributed by atoms with Crippen molar-refractivity contribution in [1.29, 1.82) is 0 Å². The fourth-order valence-corrected chi connectivity index (χ4v) is 3.98. The summed E-state index contributed by atoms with van der Waals surface area (Å²) in [5.74, 6) is 0.0397. The van der Waals surface area contributed by atoms with Crippen LogP contribution in [-0.2, 0) is 11.8 Å². The molecule has 29 heavy (non-hydrogen) atoms. The summed E-state index contributed by atoms with van der Waals surface area (Å²) in [6.45, 7) is 4.05. The van der Waals surface area contributed by atoms with E-state index < -0.39 is 0 Å². The molecule has 0 radical (unpaired) electrons. The smallest absolute Gasteiger partial charge is 0.261 e. The predicted octanol–water partition coefficient (Wildman–Crippen LogP) is 4.43. The van der Waals surface area contributed by atoms with E-state index in [1.54, 1.807) is 7.05 Å². The topological polar surface area (TPSA) is 64.0 Å². The van der Waals surface area contributed by atoms with Crippen LogP contribution in [0.4, 0.5) is 5.69 Å². The van der Waals surface area contributed by atoms with Crippen LogP contribution in [0.5, 0.6) is 0 Å². The summed E-state index contributed by atoms with van der Waals surface area (Å²) in [4.78, 5) is 29.8. The predicted molar refractivity (Wildman–Crippen MR) is 120 cm³/mol. The van der Waals surface area contributed by atoms with Crippen LogP contribution in [0.15, 0.2) is 64.5 Å². The number of fused-ring (bicyclic) bond motifs is 2. The average molecular weight is 404 g/mol. The molecule has 0 aliphatic carbocycles. The third-order valence-electron chi connectivity index (χ3n) is 5.03. The van der Waals surface area contributed by atoms with Crippen LogP contribution in [0.1, 0.15) is 11.1 Å². The molecule has 5 nitrogen and oxygen atoms in total. The molecule has 1 heterocycles. The van der Waals surface area contributed by atoms with Crippen molar-refractivity contribution in [2.75, 3.05) is 11.1 Å². The van der Waals surface area contributed by atoms with Crippen LogP contribution in [0, 0.1) is 13.8 Å². The van der Waals surface area contributed by atoms with Crippen molar-refractivity contribution in [3.05, 3.63) is 76.1 Å². The van der Waals surface area contributed by atoms with Crippen LogP contribution < -0.4 is 10.9 Å². The van der Waals surface area contributed by atoms with E-state index in [9.17, 15) is 9.59 Å². The first-order chi connectivity index (χ1) is 13.9. The van der Waals surface area contributed by atoms with E-state index in [1.165, 1.54) is 21.9 Å². The second-order valence-electron chi connectivity index (χ2n) is 7.11. The minimum absolute atomic E-state index is 0.113. The summed E-state index contributed by atoms with van der Waals surface area (Å²) in [5, 5.41) is 6.04. The Bertz CT molecular complexity index is 1310. The zero-order valence-corrected chi connectivity index (χ0v) is 17.3. The van der Waals surface area contributed by atoms with Gasteiger partial charge in [0.1, 0.15) is 0 Å². The van der Waals surface area contributed by atoms with Gasteiger partial charge in [-0.25, -0.2) is 4.98 Å². The zero-order chi connectivity index (χ0) is 20.5. The summed E-state index contributed by atoms with van der Waals surface area (Å²) < 4.78 is 1.51. The van der Waals surface area contributed by atoms with Gasteiger partial charge < -0.3 is 5.32 Å². The van der Waals surface area contributed by atoms with E-state index in [4.69, 9.17) is 0 Å². The molecular formula is C23H21N3O2S. The molecule has 4 rings (SSSR count). The van der Waals surface area contributed by atoms with Crippen LogP contribution in [0.3, 0.4) is 0 Å². The first-order valence-electron chi connectivity index (χ1n) is 9.32. The maximum Gasteiger partial charge on any atom is 0.261 e. The summed E-state index contributed by atoms with van der Waals surface area (Å²) >= 11 is 1.26. The molecule has 0 saturated carbocycles. The van der Waals surface area contributed by atoms with Gasteiger partial charge in [-0.1, -0.05) is 42.1 Å². The van der Waals surface area contributed by atoms with E-state index in [0.29, 0.717) is 16.1 Å². The second-order valence-corrected chi connectivity index (χ2v) is 8.05. The largest absolute Gasteiger partial charge is 0.325 e. The lowest BCUT2D eigenvalue weighted by atomic mass is 10.1. The molecule has 0 fully saturated rings. The quantitative estimate of drug-likeness (QED) is 0.311. The van der Waals surface area contributed by atoms with E-state index in [-0.39, 0.29) is 17.2 Å². The standard InChI is InChI=1S/C23H21N3O2S/c1-14-8-9-18(10-15(14)2)24-21(27)13-29-23-25-20-12-17-7-5-4-6-16(17)11-19(20)22(28)26(23)3/h4-12H,13H2,1-3H3,(H,24,27). The first kappa shape index (κ1) is 19.2. The van der Waals surface area contributed by atoms with Gasteiger partial charge >= 0.3 is 0 Å². The van der Waals surface area contributed by atoms with Gasteiger partial charge in [0.25, 0.3) is 5.56 Å². The van der Waals surface area contributed by atoms with Crippen molar-refractivity contribution < 1.29 is 4.79 Å². The van der Waals surface area contributed by atoms with Crippen molar-refractivity contribution in [2.45, 2.75) is 19.0 Å². The molecule has 0 aliphatic rings. The highest BCUT2D eigenvalue weighted by molar-refractivity contribution is 7.99. The lowest BCUT2D eigenvalue weighted by molar-refractivity contribution is -0.113. The Morgan fingerprint density at radius 3 is 2.48 bits per heavy atom. The zero-order valence-electron chi connectivity index (χ0n) is 16.5. The van der Waals surface area contributed by atoms with Gasteiger partial charge in [-0.2, -0.15) is 0 Å². The van der Waals surface area contributed by atoms with Gasteiger partial charge in [0.05, 0.1) is 16.7 Å². The molecular weight excluding hydrogens is 382 g/mol. The maximum atomic E-state index is 12.8. The highest BCUT2D eigenvalue weighted by atomic mass is 32.2. The third-order valence-corrected chi connectivity index (χ3v) is 6.05. The molecule has 4 aromatic rings. The molecule has 1 amide bonds. The Hall–Kier alpha value is -3.12. The lowest BCUT2D eigenvalue weighted by Crippen LogP contribution is -2.21. The number of nitrogens with one attached hydrogen (secondary N) is 1. The summed E-state index contributed by atoms with van der Waals surface area (Å²) in [7, 11) is 1.69. The molecule has 1 N–H and O–H groups in total. The Kier molecular flexibility index (Phi) is 5.11. The first-order valence-corrected chi connectivity index (χ1v) is 10.3. The van der Waals surface area contributed by atoms with E-state index in [1.807, 2.05) is 68.4 Å². The monoisotopic (exact) mass is 403 g/mol. The number of hydrogen-bond acceptors (Lipinski definition) is 4. The Labute approximate surface area is 172 Å². The number of nitrogens with zero attached hydrogens (tertiary/aromatic N) is 2. The van der Waals surface area contributed by atoms with Crippen LogP contribution in [0.2, 0.25) is 0 Å². The normalized spacial score (nSPS) is 11.1. The molecule has 0 saturated heterocycles. The Morgan fingerprint density at radius 1 is 1.03 bits per heavy atom. The maximum absolute atomic E-state index is 12.8. The number of hydrogen-bond donors (Lipinski definition) is 1. The van der Waals surface area contributed by atoms with Gasteiger partial charge in [-0.15, -0.1) is 0 Å². The summed E-state index contributed by atoms with van der Waals surface area (Å²) in [5.41, 5.74) is 3.61. The minimum atomic E-state index is -0.133. The number of carbonyl (C=O) groups excluding carboxylic acids is 1. The number of aromatic nitrogens is 2. The average Bonchev–Trinajstić information content (AvgIpc) is 2.71. The molecule has 0 unspecified atom stereocenters. The van der Waals surface area contributed by atoms with Gasteiger partial charge in [0.15, 0.2) is 5.16 Å². The number of anilines is 1. The second kappa shape index (κ2) is 7.72. The van der Waals surface area contributed by atoms with Crippen LogP contribution in [-0.4, -0.2) is 21.2 Å². The van der Waals surface area contributed by atoms with Crippen molar-refractivity contribution in [3.8, 4) is 0 Å². The molecule has 6 heteroatoms. The van der Waals surface area contributed by atoms with Gasteiger partial charge in [-0.3, -0.25) is 14.2 Å². The van der Waals surface area contributed by atoms with Crippen molar-refractivity contribution in [2.24, 2.45) is 7.05 Å². The van der Waals surface area contributed by atoms with E-state index in [2.05, 4.69) is 10.3 Å². The third kappa shape index (κ3) is 3.89. The summed E-state index contributed by atoms with van der Waals surface area (Å²) in [6, 6.07) is 17.5. The van der Waals surface area contributed by atoms with E-state index >= 15 is 0 Å². The SMILES string of the molecule is Cc1ccc(NC(=O)CSc2nc3cc4ccccc4cc3c(=O)n2C)cc1C. The molecule has 0 spiro atoms. The molecule has 0 bridgehead atoms. The molecule has 0 atom stereocenters. The lowest BCUT2D eigenvalue weighted by Gasteiger charge is -2.10. The fraction of sp³-hybridized carbons (Fsp3) is 0.174. The molecule has 1 aromatic heterocycles. The minimum Gasteiger partial charge on any atom is -0.325 e. The molecule has 0 aliphatic heterocycles. The van der Waals surface area contributed by atoms with Crippen LogP contribution in [0.25, 0.3) is 21.7 Å². The van der Waals surface area contributed by atoms with Crippen molar-refractivity contribution >= 4 is 45.0 Å². The number of carbonyl (C=O) groups is 1. The Balaban J connectivity index is 1.57. The Morgan fingerprint density at radius 2 is 1.76 bits per heavy atom. The van der Waals surface area contributed by atoms with Gasteiger partial charge in [0.2, 0.25) is 5.91 Å². The van der Waals surface area contributed by atoms with Crippen molar-refractivity contribution in [1.82, 2.24) is 9.55 Å². The van der Waals surface area contributed by atoms with Crippen molar-refractivity contribution in [3.63, 3.8) is 0 Å². The fourth-order valence-electron chi connectivity index (χ4n) is 3.21. The number of benzene rings is 3. The summed E-state index contributed by atoms with van der Waals surface area (Å²) in [6.07, 6.45) is 0. The molecule has 146 valence electrons. The number of rotatable bonds is 4. The van der Waals surface area contributed by atoms with Crippen LogP contribution >= 0.6 is 11.8 Å². The number of thioether (sulfide) groups is 1. The highest BCUT2D eigenvalue weighted by Gasteiger charge is 2.12. The van der Waals surface area contributed by atoms with E-state index in [0.717, 1.165) is 22.0 Å². The number of amides is 1.